The lowest BCUT2D eigenvalue weighted by molar-refractivity contribution is -0.0382. The first kappa shape index (κ1) is 26.2. The van der Waals surface area contributed by atoms with Crippen molar-refractivity contribution >= 4 is 10.9 Å². The highest BCUT2D eigenvalue weighted by Gasteiger charge is 2.45. The number of hydrogen-bond acceptors (Lipinski definition) is 9. The lowest BCUT2D eigenvalue weighted by Gasteiger charge is -2.50. The number of fused-ring (bicyclic) bond motifs is 4. The molecule has 4 aliphatic rings. The number of benzene rings is 1. The first-order valence-electron chi connectivity index (χ1n) is 14.2. The van der Waals surface area contributed by atoms with Gasteiger partial charge < -0.3 is 14.9 Å². The molecule has 12 nitrogen and oxygen atoms in total. The number of ether oxygens (including phenoxy) is 1. The number of aromatic amines is 1. The van der Waals surface area contributed by atoms with Crippen molar-refractivity contribution in [1.29, 1.82) is 0 Å². The molecule has 0 amide bonds. The third-order valence-corrected chi connectivity index (χ3v) is 9.25. The highest BCUT2D eigenvalue weighted by molar-refractivity contribution is 5.82. The van der Waals surface area contributed by atoms with E-state index in [1.807, 2.05) is 36.5 Å². The van der Waals surface area contributed by atoms with E-state index in [0.717, 1.165) is 48.1 Å². The van der Waals surface area contributed by atoms with Crippen LogP contribution in [-0.4, -0.2) is 76.5 Å². The maximum absolute atomic E-state index is 12.4. The molecule has 0 aliphatic carbocycles. The molecule has 7 heterocycles. The summed E-state index contributed by atoms with van der Waals surface area (Å²) in [7, 11) is 0. The third kappa shape index (κ3) is 4.51. The molecule has 3 aromatic heterocycles. The Morgan fingerprint density at radius 3 is 2.83 bits per heavy atom. The number of aliphatic hydroxyl groups is 2. The minimum absolute atomic E-state index is 0.0210. The number of piperidine rings is 3. The Morgan fingerprint density at radius 2 is 2.02 bits per heavy atom. The Morgan fingerprint density at radius 1 is 1.17 bits per heavy atom. The van der Waals surface area contributed by atoms with Crippen molar-refractivity contribution in [2.75, 3.05) is 19.7 Å². The van der Waals surface area contributed by atoms with Gasteiger partial charge in [0.2, 0.25) is 0 Å². The van der Waals surface area contributed by atoms with E-state index < -0.39 is 29.7 Å². The fraction of sp³-hybridized carbons (Fsp3) is 0.483. The van der Waals surface area contributed by atoms with Crippen LogP contribution in [0.3, 0.4) is 0 Å². The number of H-pyrrole nitrogens is 1. The molecule has 8 atom stereocenters. The molecule has 2 bridgehead atoms. The zero-order valence-corrected chi connectivity index (χ0v) is 22.7. The minimum atomic E-state index is -0.642. The summed E-state index contributed by atoms with van der Waals surface area (Å²) in [6, 6.07) is 9.55. The molecule has 4 fully saturated rings. The standard InChI is InChI=1S/C29H33N7O5/c1-16-12-35(29(40)31-28(16)39)26-11-23(25(15-37)41-26)36-14-22(32-33-36)20-13-34-9-7-17(20)10-24(34)27(38)19-6-8-30-21-5-3-2-4-18(19)21/h2-6,8,12,14,17,20,23-27,37-38H,7,9-11,13,15H2,1H3,(H,31,39,40)/t17?,20?,23-,24-,25+,26+,27+/m0/s1. The van der Waals surface area contributed by atoms with Gasteiger partial charge in [0.1, 0.15) is 12.3 Å². The second kappa shape index (κ2) is 10.3. The number of aromatic nitrogens is 6. The summed E-state index contributed by atoms with van der Waals surface area (Å²) >= 11 is 0. The largest absolute Gasteiger partial charge is 0.394 e. The van der Waals surface area contributed by atoms with Crippen LogP contribution in [0.1, 0.15) is 60.4 Å². The summed E-state index contributed by atoms with van der Waals surface area (Å²) < 4.78 is 9.12. The zero-order chi connectivity index (χ0) is 28.2. The predicted molar refractivity (Wildman–Crippen MR) is 148 cm³/mol. The summed E-state index contributed by atoms with van der Waals surface area (Å²) in [4.78, 5) is 33.4. The van der Waals surface area contributed by atoms with E-state index >= 15 is 0 Å². The van der Waals surface area contributed by atoms with Gasteiger partial charge in [-0.25, -0.2) is 9.48 Å². The van der Waals surface area contributed by atoms with Crippen LogP contribution < -0.4 is 11.2 Å². The highest BCUT2D eigenvalue weighted by Crippen LogP contribution is 2.45. The second-order valence-corrected chi connectivity index (χ2v) is 11.5. The first-order chi connectivity index (χ1) is 19.9. The molecule has 4 saturated heterocycles. The topological polar surface area (TPSA) is 151 Å². The molecule has 3 N–H and O–H groups in total. The fourth-order valence-corrected chi connectivity index (χ4v) is 7.07. The molecule has 0 saturated carbocycles. The lowest BCUT2D eigenvalue weighted by atomic mass is 9.72. The van der Waals surface area contributed by atoms with Gasteiger partial charge in [0.15, 0.2) is 0 Å². The van der Waals surface area contributed by atoms with Crippen LogP contribution in [0.5, 0.6) is 0 Å². The quantitative estimate of drug-likeness (QED) is 0.319. The van der Waals surface area contributed by atoms with E-state index in [1.165, 1.54) is 10.8 Å². The van der Waals surface area contributed by atoms with Gasteiger partial charge in [-0.15, -0.1) is 5.10 Å². The van der Waals surface area contributed by atoms with Crippen LogP contribution in [0.25, 0.3) is 10.9 Å². The molecular weight excluding hydrogens is 526 g/mol. The molecule has 3 unspecified atom stereocenters. The number of nitrogens with zero attached hydrogens (tertiary/aromatic N) is 6. The van der Waals surface area contributed by atoms with E-state index in [0.29, 0.717) is 17.9 Å². The Labute approximate surface area is 235 Å². The van der Waals surface area contributed by atoms with Crippen LogP contribution in [0.15, 0.2) is 58.5 Å². The van der Waals surface area contributed by atoms with Crippen molar-refractivity contribution in [3.05, 3.63) is 86.6 Å². The zero-order valence-electron chi connectivity index (χ0n) is 22.7. The Hall–Kier alpha value is -3.71. The highest BCUT2D eigenvalue weighted by atomic mass is 16.5. The van der Waals surface area contributed by atoms with Gasteiger partial charge in [-0.05, 0) is 49.9 Å². The molecule has 4 aromatic rings. The Bertz CT molecular complexity index is 1690. The molecule has 0 spiro atoms. The Balaban J connectivity index is 1.09. The van der Waals surface area contributed by atoms with E-state index in [9.17, 15) is 19.8 Å². The third-order valence-electron chi connectivity index (χ3n) is 9.25. The van der Waals surface area contributed by atoms with Crippen molar-refractivity contribution in [2.24, 2.45) is 5.92 Å². The van der Waals surface area contributed by atoms with Crippen LogP contribution in [0, 0.1) is 12.8 Å². The van der Waals surface area contributed by atoms with Crippen LogP contribution in [-0.2, 0) is 4.74 Å². The summed E-state index contributed by atoms with van der Waals surface area (Å²) in [5.41, 5.74) is 2.11. The molecule has 12 heteroatoms. The smallest absolute Gasteiger partial charge is 0.330 e. The lowest BCUT2D eigenvalue weighted by Crippen LogP contribution is -2.54. The number of pyridine rings is 1. The van der Waals surface area contributed by atoms with E-state index in [1.54, 1.807) is 17.8 Å². The fourth-order valence-electron chi connectivity index (χ4n) is 7.07. The van der Waals surface area contributed by atoms with Gasteiger partial charge in [-0.1, -0.05) is 23.4 Å². The van der Waals surface area contributed by atoms with Crippen LogP contribution in [0.4, 0.5) is 0 Å². The van der Waals surface area contributed by atoms with E-state index in [-0.39, 0.29) is 24.6 Å². The number of para-hydroxylation sites is 1. The second-order valence-electron chi connectivity index (χ2n) is 11.5. The molecule has 0 radical (unpaired) electrons. The van der Waals surface area contributed by atoms with Gasteiger partial charge in [-0.3, -0.25) is 24.2 Å². The van der Waals surface area contributed by atoms with Crippen molar-refractivity contribution in [1.82, 2.24) is 34.4 Å². The molecule has 214 valence electrons. The first-order valence-corrected chi connectivity index (χ1v) is 14.2. The number of aliphatic hydroxyl groups excluding tert-OH is 2. The maximum Gasteiger partial charge on any atom is 0.330 e. The Kier molecular flexibility index (Phi) is 6.57. The minimum Gasteiger partial charge on any atom is -0.394 e. The van der Waals surface area contributed by atoms with Crippen molar-refractivity contribution in [2.45, 2.75) is 62.6 Å². The summed E-state index contributed by atoms with van der Waals surface area (Å²) in [6.45, 7) is 3.10. The summed E-state index contributed by atoms with van der Waals surface area (Å²) in [6.07, 6.45) is 5.65. The molecular formula is C29H33N7O5. The van der Waals surface area contributed by atoms with Gasteiger partial charge in [0.25, 0.3) is 5.56 Å². The van der Waals surface area contributed by atoms with Gasteiger partial charge in [-0.2, -0.15) is 0 Å². The number of nitrogens with one attached hydrogen (secondary N) is 1. The summed E-state index contributed by atoms with van der Waals surface area (Å²) in [5.74, 6) is 0.548. The van der Waals surface area contributed by atoms with Gasteiger partial charge in [0, 0.05) is 54.5 Å². The molecule has 8 rings (SSSR count). The van der Waals surface area contributed by atoms with E-state index in [2.05, 4.69) is 25.2 Å². The maximum atomic E-state index is 12.4. The van der Waals surface area contributed by atoms with Crippen LogP contribution in [0.2, 0.25) is 0 Å². The number of hydrogen-bond donors (Lipinski definition) is 3. The van der Waals surface area contributed by atoms with Crippen molar-refractivity contribution in [3.8, 4) is 0 Å². The predicted octanol–water partition coefficient (Wildman–Crippen LogP) is 1.42. The van der Waals surface area contributed by atoms with Crippen molar-refractivity contribution < 1.29 is 14.9 Å². The number of rotatable bonds is 6. The summed E-state index contributed by atoms with van der Waals surface area (Å²) in [5, 5.41) is 31.5. The van der Waals surface area contributed by atoms with Crippen LogP contribution >= 0.6 is 0 Å². The molecule has 41 heavy (non-hydrogen) atoms. The normalized spacial score (nSPS) is 30.2. The SMILES string of the molecule is Cc1cn([C@H]2C[C@H](n3cc(C4CN5CCC4C[C@H]5[C@H](O)c4ccnc5ccccc45)nn3)[C@@H](CO)O2)c(=O)[nH]c1=O. The monoisotopic (exact) mass is 559 g/mol. The number of aryl methyl sites for hydroxylation is 1. The average Bonchev–Trinajstić information content (AvgIpc) is 3.66. The van der Waals surface area contributed by atoms with E-state index in [4.69, 9.17) is 4.74 Å². The molecule has 4 aliphatic heterocycles. The average molecular weight is 560 g/mol. The van der Waals surface area contributed by atoms with Gasteiger partial charge >= 0.3 is 5.69 Å². The van der Waals surface area contributed by atoms with Crippen molar-refractivity contribution in [3.63, 3.8) is 0 Å². The molecule has 1 aromatic carbocycles. The van der Waals surface area contributed by atoms with Gasteiger partial charge in [0.05, 0.1) is 30.0 Å².